The molecule has 0 radical (unpaired) electrons. The van der Waals surface area contributed by atoms with Gasteiger partial charge in [0.2, 0.25) is 0 Å². The van der Waals surface area contributed by atoms with Crippen LogP contribution in [0.3, 0.4) is 0 Å². The lowest BCUT2D eigenvalue weighted by molar-refractivity contribution is 0.665. The molecule has 0 fully saturated rings. The number of rotatable bonds is 4. The second-order valence-electron chi connectivity index (χ2n) is 3.84. The minimum absolute atomic E-state index is 0.610. The third-order valence-electron chi connectivity index (χ3n) is 2.55. The van der Waals surface area contributed by atoms with Crippen molar-refractivity contribution in [3.63, 3.8) is 0 Å². The third kappa shape index (κ3) is 2.63. The first-order chi connectivity index (χ1) is 6.65. The maximum atomic E-state index is 5.66. The van der Waals surface area contributed by atoms with Crippen molar-refractivity contribution in [1.82, 2.24) is 0 Å². The molecule has 76 valence electrons. The van der Waals surface area contributed by atoms with Crippen molar-refractivity contribution >= 4 is 5.70 Å². The molecule has 0 heterocycles. The average molecular weight is 189 g/mol. The molecule has 1 rings (SSSR count). The summed E-state index contributed by atoms with van der Waals surface area (Å²) < 4.78 is 0. The Morgan fingerprint density at radius 2 is 2.21 bits per heavy atom. The molecule has 1 aromatic rings. The fourth-order valence-electron chi connectivity index (χ4n) is 1.64. The van der Waals surface area contributed by atoms with E-state index in [9.17, 15) is 0 Å². The standard InChI is InChI=1S/C13H19N/c1-4-6-10(2)12-7-5-8-13(9-12)11(3)14/h5,7-10H,3-4,6,14H2,1-2H3/t10-/m1/s1. The van der Waals surface area contributed by atoms with Crippen LogP contribution in [0.15, 0.2) is 30.8 Å². The molecule has 0 aliphatic rings. The summed E-state index contributed by atoms with van der Waals surface area (Å²) in [5.41, 5.74) is 8.71. The van der Waals surface area contributed by atoms with Crippen molar-refractivity contribution in [2.75, 3.05) is 0 Å². The molecule has 0 spiro atoms. The topological polar surface area (TPSA) is 26.0 Å². The quantitative estimate of drug-likeness (QED) is 0.770. The lowest BCUT2D eigenvalue weighted by atomic mass is 9.95. The summed E-state index contributed by atoms with van der Waals surface area (Å²) in [7, 11) is 0. The summed E-state index contributed by atoms with van der Waals surface area (Å²) in [6, 6.07) is 8.36. The number of hydrogen-bond donors (Lipinski definition) is 1. The second-order valence-corrected chi connectivity index (χ2v) is 3.84. The normalized spacial score (nSPS) is 12.4. The lowest BCUT2D eigenvalue weighted by Gasteiger charge is -2.11. The molecule has 0 saturated heterocycles. The summed E-state index contributed by atoms with van der Waals surface area (Å²) in [6.07, 6.45) is 2.44. The van der Waals surface area contributed by atoms with Gasteiger partial charge in [-0.25, -0.2) is 0 Å². The third-order valence-corrected chi connectivity index (χ3v) is 2.55. The Morgan fingerprint density at radius 1 is 1.50 bits per heavy atom. The van der Waals surface area contributed by atoms with Gasteiger partial charge in [-0.1, -0.05) is 45.0 Å². The molecule has 14 heavy (non-hydrogen) atoms. The van der Waals surface area contributed by atoms with Crippen molar-refractivity contribution in [2.45, 2.75) is 32.6 Å². The van der Waals surface area contributed by atoms with Crippen molar-refractivity contribution in [3.8, 4) is 0 Å². The van der Waals surface area contributed by atoms with Crippen LogP contribution in [0, 0.1) is 0 Å². The van der Waals surface area contributed by atoms with Crippen molar-refractivity contribution in [1.29, 1.82) is 0 Å². The monoisotopic (exact) mass is 189 g/mol. The molecule has 1 aromatic carbocycles. The fraction of sp³-hybridized carbons (Fsp3) is 0.385. The molecule has 0 unspecified atom stereocenters. The Morgan fingerprint density at radius 3 is 2.79 bits per heavy atom. The van der Waals surface area contributed by atoms with Gasteiger partial charge in [-0.3, -0.25) is 0 Å². The molecule has 2 N–H and O–H groups in total. The summed E-state index contributed by atoms with van der Waals surface area (Å²) >= 11 is 0. The molecule has 1 atom stereocenters. The molecule has 1 nitrogen and oxygen atoms in total. The highest BCUT2D eigenvalue weighted by Gasteiger charge is 2.04. The number of hydrogen-bond acceptors (Lipinski definition) is 1. The van der Waals surface area contributed by atoms with Crippen LogP contribution in [-0.4, -0.2) is 0 Å². The van der Waals surface area contributed by atoms with Gasteiger partial charge in [0.15, 0.2) is 0 Å². The smallest absolute Gasteiger partial charge is 0.0314 e. The summed E-state index contributed by atoms with van der Waals surface area (Å²) in [5, 5.41) is 0. The largest absolute Gasteiger partial charge is 0.399 e. The van der Waals surface area contributed by atoms with Gasteiger partial charge in [0.05, 0.1) is 0 Å². The molecule has 0 amide bonds. The molecule has 0 saturated carbocycles. The average Bonchev–Trinajstić information content (AvgIpc) is 2.18. The van der Waals surface area contributed by atoms with Crippen molar-refractivity contribution in [3.05, 3.63) is 42.0 Å². The van der Waals surface area contributed by atoms with E-state index in [0.29, 0.717) is 11.6 Å². The van der Waals surface area contributed by atoms with E-state index >= 15 is 0 Å². The first kappa shape index (κ1) is 10.8. The Labute approximate surface area is 86.6 Å². The van der Waals surface area contributed by atoms with Crippen LogP contribution >= 0.6 is 0 Å². The van der Waals surface area contributed by atoms with E-state index in [-0.39, 0.29) is 0 Å². The lowest BCUT2D eigenvalue weighted by Crippen LogP contribution is -1.97. The molecule has 0 bridgehead atoms. The van der Waals surface area contributed by atoms with E-state index in [0.717, 1.165) is 5.56 Å². The summed E-state index contributed by atoms with van der Waals surface area (Å²) in [6.45, 7) is 8.21. The van der Waals surface area contributed by atoms with Gasteiger partial charge in [-0.15, -0.1) is 0 Å². The van der Waals surface area contributed by atoms with E-state index in [1.807, 2.05) is 6.07 Å². The van der Waals surface area contributed by atoms with Crippen LogP contribution in [0.5, 0.6) is 0 Å². The molecular weight excluding hydrogens is 170 g/mol. The van der Waals surface area contributed by atoms with Crippen LogP contribution in [0.4, 0.5) is 0 Å². The van der Waals surface area contributed by atoms with Crippen molar-refractivity contribution in [2.24, 2.45) is 5.73 Å². The Hall–Kier alpha value is -1.24. The maximum absolute atomic E-state index is 5.66. The fourth-order valence-corrected chi connectivity index (χ4v) is 1.64. The van der Waals surface area contributed by atoms with Gasteiger partial charge in [0.25, 0.3) is 0 Å². The van der Waals surface area contributed by atoms with Crippen LogP contribution in [-0.2, 0) is 0 Å². The van der Waals surface area contributed by atoms with Crippen LogP contribution in [0.25, 0.3) is 5.70 Å². The van der Waals surface area contributed by atoms with Crippen molar-refractivity contribution < 1.29 is 0 Å². The molecule has 0 aromatic heterocycles. The Balaban J connectivity index is 2.87. The van der Waals surface area contributed by atoms with E-state index in [1.165, 1.54) is 18.4 Å². The van der Waals surface area contributed by atoms with Gasteiger partial charge in [0.1, 0.15) is 0 Å². The number of benzene rings is 1. The second kappa shape index (κ2) is 4.85. The highest BCUT2D eigenvalue weighted by Crippen LogP contribution is 2.22. The van der Waals surface area contributed by atoms with Gasteiger partial charge >= 0.3 is 0 Å². The minimum Gasteiger partial charge on any atom is -0.399 e. The first-order valence-electron chi connectivity index (χ1n) is 5.19. The Bertz CT molecular complexity index is 315. The van der Waals surface area contributed by atoms with Crippen LogP contribution in [0.1, 0.15) is 43.7 Å². The zero-order valence-corrected chi connectivity index (χ0v) is 9.09. The van der Waals surface area contributed by atoms with E-state index < -0.39 is 0 Å². The zero-order valence-electron chi connectivity index (χ0n) is 9.09. The summed E-state index contributed by atoms with van der Waals surface area (Å²) in [5.74, 6) is 0.610. The SMILES string of the molecule is C=C(N)c1cccc([C@H](C)CCC)c1. The van der Waals surface area contributed by atoms with E-state index in [4.69, 9.17) is 5.73 Å². The van der Waals surface area contributed by atoms with Gasteiger partial charge in [0, 0.05) is 5.70 Å². The van der Waals surface area contributed by atoms with E-state index in [2.05, 4.69) is 38.6 Å². The highest BCUT2D eigenvalue weighted by atomic mass is 14.6. The highest BCUT2D eigenvalue weighted by molar-refractivity contribution is 5.60. The summed E-state index contributed by atoms with van der Waals surface area (Å²) in [4.78, 5) is 0. The van der Waals surface area contributed by atoms with Gasteiger partial charge < -0.3 is 5.73 Å². The zero-order chi connectivity index (χ0) is 10.6. The maximum Gasteiger partial charge on any atom is 0.0314 e. The van der Waals surface area contributed by atoms with Gasteiger partial charge in [-0.05, 0) is 29.5 Å². The van der Waals surface area contributed by atoms with Crippen LogP contribution in [0.2, 0.25) is 0 Å². The molecular formula is C13H19N. The Kier molecular flexibility index (Phi) is 3.75. The minimum atomic E-state index is 0.610. The molecule has 0 aliphatic heterocycles. The van der Waals surface area contributed by atoms with Gasteiger partial charge in [-0.2, -0.15) is 0 Å². The van der Waals surface area contributed by atoms with E-state index in [1.54, 1.807) is 0 Å². The predicted molar refractivity (Wildman–Crippen MR) is 63.0 cm³/mol. The molecule has 0 aliphatic carbocycles. The predicted octanol–water partition coefficient (Wildman–Crippen LogP) is 3.52. The van der Waals surface area contributed by atoms with Crippen LogP contribution < -0.4 is 5.73 Å². The number of nitrogens with two attached hydrogens (primary N) is 1. The molecule has 1 heteroatoms. The first-order valence-corrected chi connectivity index (χ1v) is 5.19.